The SMILES string of the molecule is COC(=O)Nc1ccc(Nc2cccc(Cl)c2)cc1. The number of benzene rings is 2. The van der Waals surface area contributed by atoms with Gasteiger partial charge in [0.1, 0.15) is 0 Å². The summed E-state index contributed by atoms with van der Waals surface area (Å²) in [7, 11) is 1.32. The van der Waals surface area contributed by atoms with Gasteiger partial charge in [0.05, 0.1) is 7.11 Å². The van der Waals surface area contributed by atoms with Crippen molar-refractivity contribution in [3.63, 3.8) is 0 Å². The molecule has 0 aliphatic carbocycles. The Morgan fingerprint density at radius 3 is 2.37 bits per heavy atom. The molecule has 4 nitrogen and oxygen atoms in total. The van der Waals surface area contributed by atoms with Crippen LogP contribution >= 0.6 is 11.6 Å². The van der Waals surface area contributed by atoms with Crippen LogP contribution in [0.4, 0.5) is 21.9 Å². The zero-order valence-electron chi connectivity index (χ0n) is 10.3. The molecule has 0 aliphatic rings. The monoisotopic (exact) mass is 276 g/mol. The Balaban J connectivity index is 2.04. The van der Waals surface area contributed by atoms with Crippen molar-refractivity contribution in [2.75, 3.05) is 17.7 Å². The van der Waals surface area contributed by atoms with Crippen LogP contribution in [0.3, 0.4) is 0 Å². The smallest absolute Gasteiger partial charge is 0.411 e. The maximum atomic E-state index is 11.0. The van der Waals surface area contributed by atoms with E-state index in [4.69, 9.17) is 11.6 Å². The molecule has 0 radical (unpaired) electrons. The van der Waals surface area contributed by atoms with E-state index in [2.05, 4.69) is 15.4 Å². The molecular formula is C14H13ClN2O2. The highest BCUT2D eigenvalue weighted by molar-refractivity contribution is 6.30. The first-order valence-electron chi connectivity index (χ1n) is 5.65. The van der Waals surface area contributed by atoms with Crippen LogP contribution in [0.2, 0.25) is 5.02 Å². The van der Waals surface area contributed by atoms with E-state index < -0.39 is 6.09 Å². The van der Waals surface area contributed by atoms with E-state index in [0.29, 0.717) is 10.7 Å². The molecule has 5 heteroatoms. The minimum atomic E-state index is -0.490. The van der Waals surface area contributed by atoms with E-state index >= 15 is 0 Å². The molecular weight excluding hydrogens is 264 g/mol. The van der Waals surface area contributed by atoms with E-state index in [1.54, 1.807) is 12.1 Å². The lowest BCUT2D eigenvalue weighted by atomic mass is 10.2. The van der Waals surface area contributed by atoms with Gasteiger partial charge in [0.2, 0.25) is 0 Å². The number of ether oxygens (including phenoxy) is 1. The molecule has 0 fully saturated rings. The highest BCUT2D eigenvalue weighted by atomic mass is 35.5. The molecule has 0 aromatic heterocycles. The number of hydrogen-bond donors (Lipinski definition) is 2. The topological polar surface area (TPSA) is 50.4 Å². The van der Waals surface area contributed by atoms with Crippen molar-refractivity contribution in [1.29, 1.82) is 0 Å². The first kappa shape index (κ1) is 13.2. The lowest BCUT2D eigenvalue weighted by molar-refractivity contribution is 0.187. The Kier molecular flexibility index (Phi) is 4.26. The molecule has 0 bridgehead atoms. The second-order valence-corrected chi connectivity index (χ2v) is 4.27. The summed E-state index contributed by atoms with van der Waals surface area (Å²) in [5.41, 5.74) is 2.47. The second-order valence-electron chi connectivity index (χ2n) is 3.83. The van der Waals surface area contributed by atoms with Crippen LogP contribution in [-0.4, -0.2) is 13.2 Å². The molecule has 0 spiro atoms. The molecule has 2 aromatic rings. The van der Waals surface area contributed by atoms with Gasteiger partial charge in [-0.05, 0) is 42.5 Å². The number of carbonyl (C=O) groups excluding carboxylic acids is 1. The number of nitrogens with one attached hydrogen (secondary N) is 2. The molecule has 0 aliphatic heterocycles. The van der Waals surface area contributed by atoms with Gasteiger partial charge in [-0.3, -0.25) is 5.32 Å². The summed E-state index contributed by atoms with van der Waals surface area (Å²) in [6, 6.07) is 14.7. The molecule has 0 unspecified atom stereocenters. The normalized spacial score (nSPS) is 9.79. The van der Waals surface area contributed by atoms with Gasteiger partial charge in [0.15, 0.2) is 0 Å². The van der Waals surface area contributed by atoms with Crippen LogP contribution < -0.4 is 10.6 Å². The van der Waals surface area contributed by atoms with Gasteiger partial charge in [-0.2, -0.15) is 0 Å². The van der Waals surface area contributed by atoms with Crippen LogP contribution in [0.15, 0.2) is 48.5 Å². The van der Waals surface area contributed by atoms with Crippen molar-refractivity contribution in [1.82, 2.24) is 0 Å². The van der Waals surface area contributed by atoms with Crippen LogP contribution in [-0.2, 0) is 4.74 Å². The number of amides is 1. The summed E-state index contributed by atoms with van der Waals surface area (Å²) in [5, 5.41) is 6.47. The van der Waals surface area contributed by atoms with Crippen molar-refractivity contribution < 1.29 is 9.53 Å². The van der Waals surface area contributed by atoms with Crippen molar-refractivity contribution in [2.24, 2.45) is 0 Å². The minimum Gasteiger partial charge on any atom is -0.453 e. The maximum absolute atomic E-state index is 11.0. The van der Waals surface area contributed by atoms with Crippen LogP contribution in [0.1, 0.15) is 0 Å². The van der Waals surface area contributed by atoms with Gasteiger partial charge in [0.25, 0.3) is 0 Å². The Bertz CT molecular complexity index is 570. The van der Waals surface area contributed by atoms with E-state index in [9.17, 15) is 4.79 Å². The fourth-order valence-electron chi connectivity index (χ4n) is 1.54. The second kappa shape index (κ2) is 6.11. The van der Waals surface area contributed by atoms with Gasteiger partial charge < -0.3 is 10.1 Å². The molecule has 1 amide bonds. The molecule has 0 atom stereocenters. The lowest BCUT2D eigenvalue weighted by Crippen LogP contribution is -2.10. The first-order chi connectivity index (χ1) is 9.17. The first-order valence-corrected chi connectivity index (χ1v) is 6.03. The summed E-state index contributed by atoms with van der Waals surface area (Å²) >= 11 is 5.91. The Morgan fingerprint density at radius 1 is 1.05 bits per heavy atom. The fraction of sp³-hybridized carbons (Fsp3) is 0.0714. The predicted octanol–water partition coefficient (Wildman–Crippen LogP) is 4.26. The van der Waals surface area contributed by atoms with Crippen LogP contribution in [0, 0.1) is 0 Å². The van der Waals surface area contributed by atoms with E-state index in [-0.39, 0.29) is 0 Å². The number of hydrogen-bond acceptors (Lipinski definition) is 3. The number of anilines is 3. The Hall–Kier alpha value is -2.20. The molecule has 0 saturated carbocycles. The molecule has 0 heterocycles. The summed E-state index contributed by atoms with van der Waals surface area (Å²) in [5.74, 6) is 0. The van der Waals surface area contributed by atoms with Crippen molar-refractivity contribution in [3.05, 3.63) is 53.6 Å². The highest BCUT2D eigenvalue weighted by Gasteiger charge is 2.00. The third-order valence-corrected chi connectivity index (χ3v) is 2.67. The van der Waals surface area contributed by atoms with Crippen molar-refractivity contribution >= 4 is 34.8 Å². The Morgan fingerprint density at radius 2 is 1.74 bits per heavy atom. The summed E-state index contributed by atoms with van der Waals surface area (Å²) in [6.45, 7) is 0. The highest BCUT2D eigenvalue weighted by Crippen LogP contribution is 2.21. The van der Waals surface area contributed by atoms with E-state index in [1.165, 1.54) is 7.11 Å². The van der Waals surface area contributed by atoms with Gasteiger partial charge in [0, 0.05) is 22.1 Å². The summed E-state index contributed by atoms with van der Waals surface area (Å²) in [6.07, 6.45) is -0.490. The predicted molar refractivity (Wildman–Crippen MR) is 77.2 cm³/mol. The average Bonchev–Trinajstić information content (AvgIpc) is 2.41. The van der Waals surface area contributed by atoms with Gasteiger partial charge in [-0.25, -0.2) is 4.79 Å². The molecule has 2 rings (SSSR count). The molecule has 98 valence electrons. The van der Waals surface area contributed by atoms with Gasteiger partial charge in [-0.15, -0.1) is 0 Å². The van der Waals surface area contributed by atoms with Crippen molar-refractivity contribution in [3.8, 4) is 0 Å². The quantitative estimate of drug-likeness (QED) is 0.880. The molecule has 2 N–H and O–H groups in total. The zero-order chi connectivity index (χ0) is 13.7. The van der Waals surface area contributed by atoms with Gasteiger partial charge >= 0.3 is 6.09 Å². The standard InChI is InChI=1S/C14H13ClN2O2/c1-19-14(18)17-12-7-5-11(6-8-12)16-13-4-2-3-10(15)9-13/h2-9,16H,1H3,(H,17,18). The number of methoxy groups -OCH3 is 1. The van der Waals surface area contributed by atoms with Gasteiger partial charge in [-0.1, -0.05) is 17.7 Å². The summed E-state index contributed by atoms with van der Waals surface area (Å²) < 4.78 is 4.51. The third kappa shape index (κ3) is 3.89. The number of halogens is 1. The fourth-order valence-corrected chi connectivity index (χ4v) is 1.73. The van der Waals surface area contributed by atoms with E-state index in [0.717, 1.165) is 11.4 Å². The number of rotatable bonds is 3. The van der Waals surface area contributed by atoms with E-state index in [1.807, 2.05) is 36.4 Å². The van der Waals surface area contributed by atoms with Crippen molar-refractivity contribution in [2.45, 2.75) is 0 Å². The zero-order valence-corrected chi connectivity index (χ0v) is 11.1. The lowest BCUT2D eigenvalue weighted by Gasteiger charge is -2.08. The average molecular weight is 277 g/mol. The van der Waals surface area contributed by atoms with Crippen LogP contribution in [0.5, 0.6) is 0 Å². The maximum Gasteiger partial charge on any atom is 0.411 e. The largest absolute Gasteiger partial charge is 0.453 e. The number of carbonyl (C=O) groups is 1. The molecule has 19 heavy (non-hydrogen) atoms. The third-order valence-electron chi connectivity index (χ3n) is 2.43. The molecule has 2 aromatic carbocycles. The molecule has 0 saturated heterocycles. The Labute approximate surface area is 116 Å². The summed E-state index contributed by atoms with van der Waals surface area (Å²) in [4.78, 5) is 11.0. The minimum absolute atomic E-state index is 0.490. The van der Waals surface area contributed by atoms with Crippen LogP contribution in [0.25, 0.3) is 0 Å².